The van der Waals surface area contributed by atoms with Gasteiger partial charge in [0.25, 0.3) is 5.91 Å². The van der Waals surface area contributed by atoms with E-state index in [4.69, 9.17) is 10.2 Å². The lowest BCUT2D eigenvalue weighted by atomic mass is 10.1. The Morgan fingerprint density at radius 1 is 1.62 bits per heavy atom. The summed E-state index contributed by atoms with van der Waals surface area (Å²) < 4.78 is 5.19. The molecule has 1 atom stereocenters. The summed E-state index contributed by atoms with van der Waals surface area (Å²) >= 11 is 0. The first-order valence-corrected chi connectivity index (χ1v) is 5.68. The van der Waals surface area contributed by atoms with Crippen LogP contribution in [0.2, 0.25) is 0 Å². The average Bonchev–Trinajstić information content (AvgIpc) is 2.75. The van der Waals surface area contributed by atoms with E-state index >= 15 is 0 Å². The molecule has 0 fully saturated rings. The molecule has 0 aliphatic heterocycles. The summed E-state index contributed by atoms with van der Waals surface area (Å²) in [6.45, 7) is 4.53. The molecule has 0 saturated carbocycles. The second-order valence-electron chi connectivity index (χ2n) is 3.68. The molecule has 5 heteroatoms. The zero-order chi connectivity index (χ0) is 12.0. The number of oxazole rings is 1. The summed E-state index contributed by atoms with van der Waals surface area (Å²) in [5.41, 5.74) is 6.18. The van der Waals surface area contributed by atoms with Crippen molar-refractivity contribution in [3.8, 4) is 0 Å². The lowest BCUT2D eigenvalue weighted by molar-refractivity contribution is 0.0951. The highest BCUT2D eigenvalue weighted by Crippen LogP contribution is 2.16. The van der Waals surface area contributed by atoms with Crippen LogP contribution in [0, 0.1) is 0 Å². The summed E-state index contributed by atoms with van der Waals surface area (Å²) in [5, 5.41) is 2.65. The molecule has 1 aromatic heterocycles. The van der Waals surface area contributed by atoms with Crippen LogP contribution in [-0.4, -0.2) is 17.4 Å². The van der Waals surface area contributed by atoms with E-state index in [-0.39, 0.29) is 11.9 Å². The van der Waals surface area contributed by atoms with Gasteiger partial charge in [-0.3, -0.25) is 4.79 Å². The Bertz CT molecular complexity index is 336. The van der Waals surface area contributed by atoms with Gasteiger partial charge in [-0.15, -0.1) is 0 Å². The Hall–Kier alpha value is -1.36. The molecule has 5 nitrogen and oxygen atoms in total. The quantitative estimate of drug-likeness (QED) is 0.770. The minimum atomic E-state index is -0.222. The van der Waals surface area contributed by atoms with E-state index in [0.717, 1.165) is 19.3 Å². The largest absolute Gasteiger partial charge is 0.446 e. The van der Waals surface area contributed by atoms with Gasteiger partial charge in [-0.05, 0) is 13.3 Å². The number of rotatable bonds is 6. The van der Waals surface area contributed by atoms with Gasteiger partial charge in [0, 0.05) is 6.54 Å². The van der Waals surface area contributed by atoms with Crippen molar-refractivity contribution in [3.05, 3.63) is 17.8 Å². The Kier molecular flexibility index (Phi) is 4.98. The highest BCUT2D eigenvalue weighted by atomic mass is 16.3. The predicted molar refractivity (Wildman–Crippen MR) is 61.0 cm³/mol. The summed E-state index contributed by atoms with van der Waals surface area (Å²) in [6.07, 6.45) is 4.29. The van der Waals surface area contributed by atoms with Gasteiger partial charge in [-0.2, -0.15) is 0 Å². The molecule has 0 aromatic carbocycles. The number of hydrogen-bond acceptors (Lipinski definition) is 4. The van der Waals surface area contributed by atoms with Crippen molar-refractivity contribution in [2.75, 3.05) is 6.54 Å². The fraction of sp³-hybridized carbons (Fsp3) is 0.636. The molecule has 16 heavy (non-hydrogen) atoms. The zero-order valence-electron chi connectivity index (χ0n) is 9.82. The summed E-state index contributed by atoms with van der Waals surface area (Å²) in [7, 11) is 0. The van der Waals surface area contributed by atoms with Crippen LogP contribution in [0.5, 0.6) is 0 Å². The predicted octanol–water partition coefficient (Wildman–Crippen LogP) is 1.61. The number of amides is 1. The zero-order valence-corrected chi connectivity index (χ0v) is 9.82. The number of carbonyl (C=O) groups excluding carboxylic acids is 1. The van der Waals surface area contributed by atoms with E-state index in [9.17, 15) is 4.79 Å². The van der Waals surface area contributed by atoms with Crippen molar-refractivity contribution in [3.63, 3.8) is 0 Å². The lowest BCUT2D eigenvalue weighted by Gasteiger charge is -2.04. The summed E-state index contributed by atoms with van der Waals surface area (Å²) in [6, 6.07) is -0.219. The normalized spacial score (nSPS) is 12.4. The van der Waals surface area contributed by atoms with Crippen LogP contribution in [0.3, 0.4) is 0 Å². The van der Waals surface area contributed by atoms with Crippen molar-refractivity contribution >= 4 is 5.91 Å². The fourth-order valence-electron chi connectivity index (χ4n) is 1.36. The van der Waals surface area contributed by atoms with Crippen LogP contribution in [0.4, 0.5) is 0 Å². The maximum Gasteiger partial charge on any atom is 0.273 e. The van der Waals surface area contributed by atoms with E-state index in [2.05, 4.69) is 17.2 Å². The number of nitrogens with zero attached hydrogens (tertiary/aromatic N) is 1. The van der Waals surface area contributed by atoms with Gasteiger partial charge in [0.05, 0.1) is 6.04 Å². The molecule has 1 rings (SSSR count). The lowest BCUT2D eigenvalue weighted by Crippen LogP contribution is -2.23. The van der Waals surface area contributed by atoms with Crippen molar-refractivity contribution < 1.29 is 9.21 Å². The van der Waals surface area contributed by atoms with Crippen molar-refractivity contribution in [2.45, 2.75) is 39.2 Å². The number of unbranched alkanes of at least 4 members (excludes halogenated alkanes) is 1. The summed E-state index contributed by atoms with van der Waals surface area (Å²) in [5.74, 6) is 0.217. The number of hydrogen-bond donors (Lipinski definition) is 2. The topological polar surface area (TPSA) is 81.1 Å². The molecular formula is C11H19N3O2. The maximum atomic E-state index is 11.4. The maximum absolute atomic E-state index is 11.4. The second-order valence-corrected chi connectivity index (χ2v) is 3.68. The second kappa shape index (κ2) is 6.27. The van der Waals surface area contributed by atoms with Gasteiger partial charge in [-0.25, -0.2) is 4.98 Å². The third-order valence-electron chi connectivity index (χ3n) is 2.28. The van der Waals surface area contributed by atoms with E-state index in [1.807, 2.05) is 6.92 Å². The van der Waals surface area contributed by atoms with Crippen LogP contribution in [0.15, 0.2) is 10.7 Å². The highest BCUT2D eigenvalue weighted by molar-refractivity contribution is 5.91. The van der Waals surface area contributed by atoms with Gasteiger partial charge in [0.1, 0.15) is 6.26 Å². The van der Waals surface area contributed by atoms with Crippen LogP contribution in [0.25, 0.3) is 0 Å². The molecule has 3 N–H and O–H groups in total. The van der Waals surface area contributed by atoms with E-state index in [1.165, 1.54) is 6.26 Å². The standard InChI is InChI=1S/C11H19N3O2/c1-3-5-6-8(12)11-14-9(7-16-11)10(15)13-4-2/h7-8H,3-6,12H2,1-2H3,(H,13,15). The smallest absolute Gasteiger partial charge is 0.273 e. The minimum absolute atomic E-state index is 0.219. The Balaban J connectivity index is 2.59. The molecule has 0 saturated heterocycles. The van der Waals surface area contributed by atoms with Gasteiger partial charge in [-0.1, -0.05) is 19.8 Å². The third-order valence-corrected chi connectivity index (χ3v) is 2.28. The molecule has 1 aromatic rings. The molecule has 0 aliphatic rings. The third kappa shape index (κ3) is 3.34. The molecular weight excluding hydrogens is 206 g/mol. The molecule has 0 spiro atoms. The van der Waals surface area contributed by atoms with Gasteiger partial charge < -0.3 is 15.5 Å². The van der Waals surface area contributed by atoms with Crippen molar-refractivity contribution in [2.24, 2.45) is 5.73 Å². The number of nitrogens with two attached hydrogens (primary N) is 1. The first-order valence-electron chi connectivity index (χ1n) is 5.68. The van der Waals surface area contributed by atoms with Crippen molar-refractivity contribution in [1.29, 1.82) is 0 Å². The molecule has 1 heterocycles. The number of nitrogens with one attached hydrogen (secondary N) is 1. The Labute approximate surface area is 95.4 Å². The fourth-order valence-corrected chi connectivity index (χ4v) is 1.36. The molecule has 0 radical (unpaired) electrons. The van der Waals surface area contributed by atoms with Crippen LogP contribution in [0.1, 0.15) is 55.5 Å². The molecule has 1 unspecified atom stereocenters. The van der Waals surface area contributed by atoms with Crippen LogP contribution in [-0.2, 0) is 0 Å². The minimum Gasteiger partial charge on any atom is -0.446 e. The highest BCUT2D eigenvalue weighted by Gasteiger charge is 2.15. The molecule has 90 valence electrons. The van der Waals surface area contributed by atoms with E-state index in [1.54, 1.807) is 0 Å². The number of aromatic nitrogens is 1. The van der Waals surface area contributed by atoms with Gasteiger partial charge in [0.15, 0.2) is 5.69 Å². The Morgan fingerprint density at radius 2 is 2.38 bits per heavy atom. The first kappa shape index (κ1) is 12.7. The van der Waals surface area contributed by atoms with E-state index < -0.39 is 0 Å². The van der Waals surface area contributed by atoms with Crippen LogP contribution >= 0.6 is 0 Å². The van der Waals surface area contributed by atoms with Gasteiger partial charge >= 0.3 is 0 Å². The molecule has 0 aliphatic carbocycles. The number of carbonyl (C=O) groups is 1. The Morgan fingerprint density at radius 3 is 3.00 bits per heavy atom. The first-order chi connectivity index (χ1) is 7.69. The van der Waals surface area contributed by atoms with Gasteiger partial charge in [0.2, 0.25) is 5.89 Å². The SMILES string of the molecule is CCCCC(N)c1nc(C(=O)NCC)co1. The molecule has 1 amide bonds. The van der Waals surface area contributed by atoms with Crippen LogP contribution < -0.4 is 11.1 Å². The average molecular weight is 225 g/mol. The molecule has 0 bridgehead atoms. The summed E-state index contributed by atoms with van der Waals surface area (Å²) in [4.78, 5) is 15.5. The van der Waals surface area contributed by atoms with E-state index in [0.29, 0.717) is 18.1 Å². The monoisotopic (exact) mass is 225 g/mol. The van der Waals surface area contributed by atoms with Crippen molar-refractivity contribution in [1.82, 2.24) is 10.3 Å².